The van der Waals surface area contributed by atoms with Crippen LogP contribution in [0.4, 0.5) is 21.5 Å². The molecule has 0 saturated carbocycles. The molecule has 92 valence electrons. The molecule has 0 aliphatic heterocycles. The van der Waals surface area contributed by atoms with E-state index in [1.54, 1.807) is 0 Å². The summed E-state index contributed by atoms with van der Waals surface area (Å²) < 4.78 is 13.0. The van der Waals surface area contributed by atoms with Gasteiger partial charge in [0, 0.05) is 5.69 Å². The Bertz CT molecular complexity index is 582. The SMILES string of the molecule is Cc1ccc(Nc2ccc(F)cc2[N+](=O)[O-])cc1. The number of anilines is 2. The molecule has 0 spiro atoms. The van der Waals surface area contributed by atoms with E-state index in [9.17, 15) is 14.5 Å². The maximum absolute atomic E-state index is 13.0. The molecule has 0 unspecified atom stereocenters. The Labute approximate surface area is 103 Å². The van der Waals surface area contributed by atoms with Crippen LogP contribution in [0.5, 0.6) is 0 Å². The first-order valence-electron chi connectivity index (χ1n) is 5.34. The topological polar surface area (TPSA) is 55.2 Å². The molecule has 5 heteroatoms. The first-order chi connectivity index (χ1) is 8.56. The maximum atomic E-state index is 13.0. The minimum atomic E-state index is -0.629. The van der Waals surface area contributed by atoms with E-state index in [0.29, 0.717) is 0 Å². The molecule has 0 amide bonds. The fraction of sp³-hybridized carbons (Fsp3) is 0.0769. The predicted molar refractivity (Wildman–Crippen MR) is 67.5 cm³/mol. The van der Waals surface area contributed by atoms with Crippen molar-refractivity contribution in [3.05, 3.63) is 64.0 Å². The van der Waals surface area contributed by atoms with Crippen molar-refractivity contribution in [3.8, 4) is 0 Å². The molecular formula is C13H11FN2O2. The Morgan fingerprint density at radius 3 is 2.44 bits per heavy atom. The summed E-state index contributed by atoms with van der Waals surface area (Å²) in [6.45, 7) is 1.95. The molecule has 0 saturated heterocycles. The van der Waals surface area contributed by atoms with Gasteiger partial charge in [0.2, 0.25) is 0 Å². The van der Waals surface area contributed by atoms with E-state index in [0.717, 1.165) is 17.3 Å². The number of rotatable bonds is 3. The monoisotopic (exact) mass is 246 g/mol. The van der Waals surface area contributed by atoms with Crippen molar-refractivity contribution in [1.82, 2.24) is 0 Å². The number of benzene rings is 2. The van der Waals surface area contributed by atoms with Crippen molar-refractivity contribution in [3.63, 3.8) is 0 Å². The number of nitro benzene ring substituents is 1. The van der Waals surface area contributed by atoms with Crippen LogP contribution in [0.1, 0.15) is 5.56 Å². The summed E-state index contributed by atoms with van der Waals surface area (Å²) in [5, 5.41) is 13.7. The van der Waals surface area contributed by atoms with Crippen LogP contribution in [0.15, 0.2) is 42.5 Å². The highest BCUT2D eigenvalue weighted by Gasteiger charge is 2.14. The summed E-state index contributed by atoms with van der Waals surface area (Å²) in [6, 6.07) is 10.8. The van der Waals surface area contributed by atoms with Crippen LogP contribution < -0.4 is 5.32 Å². The van der Waals surface area contributed by atoms with Crippen LogP contribution in [0, 0.1) is 22.9 Å². The summed E-state index contributed by atoms with van der Waals surface area (Å²) in [5.41, 5.74) is 1.80. The Morgan fingerprint density at radius 2 is 1.83 bits per heavy atom. The van der Waals surface area contributed by atoms with Crippen LogP contribution >= 0.6 is 0 Å². The smallest absolute Gasteiger partial charge is 0.295 e. The van der Waals surface area contributed by atoms with E-state index in [1.807, 2.05) is 31.2 Å². The van der Waals surface area contributed by atoms with Crippen molar-refractivity contribution in [2.45, 2.75) is 6.92 Å². The van der Waals surface area contributed by atoms with Crippen LogP contribution in [0.3, 0.4) is 0 Å². The second kappa shape index (κ2) is 4.83. The summed E-state index contributed by atoms with van der Waals surface area (Å²) in [7, 11) is 0. The molecule has 0 aliphatic rings. The van der Waals surface area contributed by atoms with Gasteiger partial charge in [-0.05, 0) is 31.2 Å². The molecule has 0 atom stereocenters. The molecule has 18 heavy (non-hydrogen) atoms. The summed E-state index contributed by atoms with van der Waals surface area (Å²) >= 11 is 0. The molecule has 0 heterocycles. The first kappa shape index (κ1) is 12.0. The lowest BCUT2D eigenvalue weighted by atomic mass is 10.2. The van der Waals surface area contributed by atoms with E-state index in [4.69, 9.17) is 0 Å². The molecule has 2 aromatic carbocycles. The summed E-state index contributed by atoms with van der Waals surface area (Å²) in [4.78, 5) is 10.2. The Kier molecular flexibility index (Phi) is 3.23. The maximum Gasteiger partial charge on any atom is 0.295 e. The molecule has 2 aromatic rings. The van der Waals surface area contributed by atoms with Gasteiger partial charge in [0.1, 0.15) is 11.5 Å². The van der Waals surface area contributed by atoms with Crippen molar-refractivity contribution in [2.75, 3.05) is 5.32 Å². The highest BCUT2D eigenvalue weighted by molar-refractivity contribution is 5.69. The Hall–Kier alpha value is -2.43. The Balaban J connectivity index is 2.34. The minimum absolute atomic E-state index is 0.269. The van der Waals surface area contributed by atoms with Gasteiger partial charge in [-0.3, -0.25) is 10.1 Å². The van der Waals surface area contributed by atoms with E-state index < -0.39 is 10.7 Å². The molecule has 4 nitrogen and oxygen atoms in total. The average Bonchev–Trinajstić information content (AvgIpc) is 2.34. The third kappa shape index (κ3) is 2.63. The lowest BCUT2D eigenvalue weighted by molar-refractivity contribution is -0.384. The van der Waals surface area contributed by atoms with Crippen LogP contribution in [-0.2, 0) is 0 Å². The fourth-order valence-corrected chi connectivity index (χ4v) is 1.55. The van der Waals surface area contributed by atoms with Gasteiger partial charge in [-0.15, -0.1) is 0 Å². The molecule has 1 N–H and O–H groups in total. The predicted octanol–water partition coefficient (Wildman–Crippen LogP) is 3.79. The second-order valence-electron chi connectivity index (χ2n) is 3.91. The normalized spacial score (nSPS) is 10.1. The standard InChI is InChI=1S/C13H11FN2O2/c1-9-2-5-11(6-3-9)15-12-7-4-10(14)8-13(12)16(17)18/h2-8,15H,1H3. The molecule has 0 radical (unpaired) electrons. The molecule has 0 fully saturated rings. The van der Waals surface area contributed by atoms with Gasteiger partial charge >= 0.3 is 0 Å². The zero-order chi connectivity index (χ0) is 13.1. The minimum Gasteiger partial charge on any atom is -0.350 e. The lowest BCUT2D eigenvalue weighted by Crippen LogP contribution is -1.97. The quantitative estimate of drug-likeness (QED) is 0.662. The van der Waals surface area contributed by atoms with E-state index in [2.05, 4.69) is 5.32 Å². The average molecular weight is 246 g/mol. The largest absolute Gasteiger partial charge is 0.350 e. The van der Waals surface area contributed by atoms with Crippen molar-refractivity contribution in [1.29, 1.82) is 0 Å². The molecule has 0 aliphatic carbocycles. The number of nitro groups is 1. The number of aryl methyl sites for hydroxylation is 1. The van der Waals surface area contributed by atoms with Gasteiger partial charge in [-0.25, -0.2) is 4.39 Å². The van der Waals surface area contributed by atoms with Gasteiger partial charge in [-0.1, -0.05) is 17.7 Å². The number of hydrogen-bond acceptors (Lipinski definition) is 3. The van der Waals surface area contributed by atoms with E-state index >= 15 is 0 Å². The lowest BCUT2D eigenvalue weighted by Gasteiger charge is -2.07. The zero-order valence-corrected chi connectivity index (χ0v) is 9.68. The highest BCUT2D eigenvalue weighted by atomic mass is 19.1. The molecule has 2 rings (SSSR count). The van der Waals surface area contributed by atoms with Gasteiger partial charge in [0.25, 0.3) is 5.69 Å². The third-order valence-corrected chi connectivity index (χ3v) is 2.49. The summed E-state index contributed by atoms with van der Waals surface area (Å²) in [6.07, 6.45) is 0. The Morgan fingerprint density at radius 1 is 1.17 bits per heavy atom. The third-order valence-electron chi connectivity index (χ3n) is 2.49. The van der Waals surface area contributed by atoms with Gasteiger partial charge in [0.15, 0.2) is 0 Å². The molecule has 0 aromatic heterocycles. The van der Waals surface area contributed by atoms with Crippen molar-refractivity contribution < 1.29 is 9.31 Å². The van der Waals surface area contributed by atoms with Gasteiger partial charge < -0.3 is 5.32 Å². The van der Waals surface area contributed by atoms with Crippen molar-refractivity contribution >= 4 is 17.1 Å². The van der Waals surface area contributed by atoms with Crippen LogP contribution in [0.25, 0.3) is 0 Å². The van der Waals surface area contributed by atoms with Gasteiger partial charge in [-0.2, -0.15) is 0 Å². The van der Waals surface area contributed by atoms with Crippen LogP contribution in [0.2, 0.25) is 0 Å². The van der Waals surface area contributed by atoms with Crippen molar-refractivity contribution in [2.24, 2.45) is 0 Å². The fourth-order valence-electron chi connectivity index (χ4n) is 1.55. The number of nitrogens with zero attached hydrogens (tertiary/aromatic N) is 1. The van der Waals surface area contributed by atoms with Crippen LogP contribution in [-0.4, -0.2) is 4.92 Å². The number of hydrogen-bond donors (Lipinski definition) is 1. The van der Waals surface area contributed by atoms with Gasteiger partial charge in [0.05, 0.1) is 11.0 Å². The summed E-state index contributed by atoms with van der Waals surface area (Å²) in [5.74, 6) is -0.629. The molecule has 0 bridgehead atoms. The number of nitrogens with one attached hydrogen (secondary N) is 1. The zero-order valence-electron chi connectivity index (χ0n) is 9.68. The first-order valence-corrected chi connectivity index (χ1v) is 5.34. The molecular weight excluding hydrogens is 235 g/mol. The highest BCUT2D eigenvalue weighted by Crippen LogP contribution is 2.28. The van der Waals surface area contributed by atoms with E-state index in [-0.39, 0.29) is 11.4 Å². The number of halogens is 1. The second-order valence-corrected chi connectivity index (χ2v) is 3.91. The van der Waals surface area contributed by atoms with E-state index in [1.165, 1.54) is 12.1 Å².